The first-order valence-electron chi connectivity index (χ1n) is 3.17. The van der Waals surface area contributed by atoms with Crippen LogP contribution in [0.2, 0.25) is 0 Å². The molecule has 0 aromatic rings. The molecule has 0 heterocycles. The Morgan fingerprint density at radius 2 is 2.22 bits per heavy atom. The molecule has 0 aromatic heterocycles. The van der Waals surface area contributed by atoms with Crippen molar-refractivity contribution in [2.75, 3.05) is 20.3 Å². The van der Waals surface area contributed by atoms with E-state index in [0.29, 0.717) is 0 Å². The maximum absolute atomic E-state index is 4.94. The van der Waals surface area contributed by atoms with Crippen molar-refractivity contribution in [3.63, 3.8) is 0 Å². The monoisotopic (exact) mass is 130 g/mol. The van der Waals surface area contributed by atoms with Crippen molar-refractivity contribution < 1.29 is 9.47 Å². The van der Waals surface area contributed by atoms with Gasteiger partial charge in [0.2, 0.25) is 0 Å². The minimum Gasteiger partial charge on any atom is -0.502 e. The molecule has 0 unspecified atom stereocenters. The van der Waals surface area contributed by atoms with Gasteiger partial charge in [-0.1, -0.05) is 0 Å². The molecule has 0 bridgehead atoms. The molecule has 0 amide bonds. The number of hydrogen-bond acceptors (Lipinski definition) is 2. The Hall–Kier alpha value is -0.500. The Balaban J connectivity index is 2.86. The van der Waals surface area contributed by atoms with Gasteiger partial charge in [0.1, 0.15) is 0 Å². The highest BCUT2D eigenvalue weighted by Gasteiger charge is 1.75. The van der Waals surface area contributed by atoms with Crippen LogP contribution in [0.4, 0.5) is 0 Å². The van der Waals surface area contributed by atoms with E-state index in [-0.39, 0.29) is 0 Å². The molecule has 0 saturated heterocycles. The van der Waals surface area contributed by atoms with E-state index >= 15 is 0 Å². The number of rotatable bonds is 5. The molecular formula is C7H14O2. The second-order valence-electron chi connectivity index (χ2n) is 1.61. The second-order valence-corrected chi connectivity index (χ2v) is 1.61. The third-order valence-corrected chi connectivity index (χ3v) is 0.848. The molecule has 0 radical (unpaired) electrons. The summed E-state index contributed by atoms with van der Waals surface area (Å²) in [4.78, 5) is 0. The molecule has 0 rings (SSSR count). The van der Waals surface area contributed by atoms with Crippen LogP contribution in [0.1, 0.15) is 13.3 Å². The highest BCUT2D eigenvalue weighted by atomic mass is 16.5. The minimum absolute atomic E-state index is 0.740. The molecule has 0 atom stereocenters. The van der Waals surface area contributed by atoms with E-state index in [4.69, 9.17) is 9.47 Å². The van der Waals surface area contributed by atoms with Crippen LogP contribution < -0.4 is 0 Å². The standard InChI is InChI=1S/C7H14O2/c1-3-9-7-5-4-6-8-2/h5,7H,3-4,6H2,1-2H3. The zero-order valence-corrected chi connectivity index (χ0v) is 6.09. The van der Waals surface area contributed by atoms with Gasteiger partial charge in [0.25, 0.3) is 0 Å². The summed E-state index contributed by atoms with van der Waals surface area (Å²) in [6.45, 7) is 3.47. The molecule has 0 N–H and O–H groups in total. The molecule has 0 aliphatic heterocycles. The lowest BCUT2D eigenvalue weighted by molar-refractivity contribution is 0.202. The normalized spacial score (nSPS) is 10.4. The molecule has 0 saturated carbocycles. The zero-order chi connectivity index (χ0) is 6.95. The van der Waals surface area contributed by atoms with Gasteiger partial charge in [-0.05, 0) is 19.4 Å². The van der Waals surface area contributed by atoms with Crippen molar-refractivity contribution in [1.82, 2.24) is 0 Å². The van der Waals surface area contributed by atoms with Crippen LogP contribution in [0.25, 0.3) is 0 Å². The Labute approximate surface area is 56.5 Å². The molecule has 54 valence electrons. The molecule has 0 fully saturated rings. The fourth-order valence-corrected chi connectivity index (χ4v) is 0.418. The van der Waals surface area contributed by atoms with Crippen LogP contribution in [0.15, 0.2) is 12.3 Å². The van der Waals surface area contributed by atoms with E-state index in [1.807, 2.05) is 13.0 Å². The fourth-order valence-electron chi connectivity index (χ4n) is 0.418. The lowest BCUT2D eigenvalue weighted by Crippen LogP contribution is -1.84. The summed E-state index contributed by atoms with van der Waals surface area (Å²) in [5.41, 5.74) is 0. The van der Waals surface area contributed by atoms with Gasteiger partial charge in [0.05, 0.1) is 12.9 Å². The molecule has 0 aromatic carbocycles. The Kier molecular flexibility index (Phi) is 7.08. The van der Waals surface area contributed by atoms with E-state index in [0.717, 1.165) is 19.6 Å². The summed E-state index contributed by atoms with van der Waals surface area (Å²) >= 11 is 0. The van der Waals surface area contributed by atoms with Gasteiger partial charge in [0.15, 0.2) is 0 Å². The molecule has 2 heteroatoms. The van der Waals surface area contributed by atoms with Gasteiger partial charge in [-0.15, -0.1) is 0 Å². The molecule has 9 heavy (non-hydrogen) atoms. The Morgan fingerprint density at radius 1 is 1.44 bits per heavy atom. The fraction of sp³-hybridized carbons (Fsp3) is 0.714. The molecule has 2 nitrogen and oxygen atoms in total. The number of methoxy groups -OCH3 is 1. The van der Waals surface area contributed by atoms with E-state index in [1.54, 1.807) is 13.4 Å². The zero-order valence-electron chi connectivity index (χ0n) is 6.09. The summed E-state index contributed by atoms with van der Waals surface area (Å²) < 4.78 is 9.76. The predicted octanol–water partition coefficient (Wildman–Crippen LogP) is 1.57. The average molecular weight is 130 g/mol. The first kappa shape index (κ1) is 8.50. The summed E-state index contributed by atoms with van der Waals surface area (Å²) in [5.74, 6) is 0. The van der Waals surface area contributed by atoms with Gasteiger partial charge >= 0.3 is 0 Å². The van der Waals surface area contributed by atoms with Crippen LogP contribution in [0.3, 0.4) is 0 Å². The SMILES string of the molecule is CCOC=CCCOC. The Morgan fingerprint density at radius 3 is 2.78 bits per heavy atom. The van der Waals surface area contributed by atoms with Gasteiger partial charge in [0, 0.05) is 13.7 Å². The average Bonchev–Trinajstić information content (AvgIpc) is 1.89. The van der Waals surface area contributed by atoms with Crippen molar-refractivity contribution in [3.05, 3.63) is 12.3 Å². The molecule has 0 spiro atoms. The van der Waals surface area contributed by atoms with Crippen LogP contribution in [0.5, 0.6) is 0 Å². The second kappa shape index (κ2) is 7.50. The third kappa shape index (κ3) is 7.50. The van der Waals surface area contributed by atoms with E-state index in [9.17, 15) is 0 Å². The quantitative estimate of drug-likeness (QED) is 0.415. The van der Waals surface area contributed by atoms with Gasteiger partial charge < -0.3 is 9.47 Å². The van der Waals surface area contributed by atoms with Crippen molar-refractivity contribution in [3.8, 4) is 0 Å². The Bertz CT molecular complexity index is 69.3. The van der Waals surface area contributed by atoms with E-state index in [1.165, 1.54) is 0 Å². The lowest BCUT2D eigenvalue weighted by Gasteiger charge is -1.92. The third-order valence-electron chi connectivity index (χ3n) is 0.848. The first-order chi connectivity index (χ1) is 4.41. The molecular weight excluding hydrogens is 116 g/mol. The van der Waals surface area contributed by atoms with Gasteiger partial charge in [-0.3, -0.25) is 0 Å². The highest BCUT2D eigenvalue weighted by Crippen LogP contribution is 1.83. The van der Waals surface area contributed by atoms with Crippen LogP contribution >= 0.6 is 0 Å². The molecule has 0 aliphatic rings. The summed E-state index contributed by atoms with van der Waals surface area (Å²) in [5, 5.41) is 0. The minimum atomic E-state index is 0.740. The first-order valence-corrected chi connectivity index (χ1v) is 3.17. The number of ether oxygens (including phenoxy) is 2. The number of hydrogen-bond donors (Lipinski definition) is 0. The van der Waals surface area contributed by atoms with Crippen LogP contribution in [-0.4, -0.2) is 20.3 Å². The predicted molar refractivity (Wildman–Crippen MR) is 37.3 cm³/mol. The van der Waals surface area contributed by atoms with Crippen LogP contribution in [-0.2, 0) is 9.47 Å². The van der Waals surface area contributed by atoms with Crippen LogP contribution in [0, 0.1) is 0 Å². The van der Waals surface area contributed by atoms with Crippen molar-refractivity contribution in [1.29, 1.82) is 0 Å². The molecule has 0 aliphatic carbocycles. The summed E-state index contributed by atoms with van der Waals surface area (Å²) in [7, 11) is 1.69. The summed E-state index contributed by atoms with van der Waals surface area (Å²) in [6, 6.07) is 0. The topological polar surface area (TPSA) is 18.5 Å². The lowest BCUT2D eigenvalue weighted by atomic mass is 10.4. The maximum Gasteiger partial charge on any atom is 0.0845 e. The maximum atomic E-state index is 4.94. The van der Waals surface area contributed by atoms with E-state index in [2.05, 4.69) is 0 Å². The highest BCUT2D eigenvalue weighted by molar-refractivity contribution is 4.72. The van der Waals surface area contributed by atoms with Gasteiger partial charge in [-0.2, -0.15) is 0 Å². The van der Waals surface area contributed by atoms with Gasteiger partial charge in [-0.25, -0.2) is 0 Å². The van der Waals surface area contributed by atoms with Crippen molar-refractivity contribution >= 4 is 0 Å². The van der Waals surface area contributed by atoms with E-state index < -0.39 is 0 Å². The summed E-state index contributed by atoms with van der Waals surface area (Å²) in [6.07, 6.45) is 4.59. The van der Waals surface area contributed by atoms with Crippen molar-refractivity contribution in [2.24, 2.45) is 0 Å². The van der Waals surface area contributed by atoms with Crippen molar-refractivity contribution in [2.45, 2.75) is 13.3 Å². The smallest absolute Gasteiger partial charge is 0.0845 e. The largest absolute Gasteiger partial charge is 0.502 e.